The van der Waals surface area contributed by atoms with Crippen molar-refractivity contribution in [3.63, 3.8) is 0 Å². The van der Waals surface area contributed by atoms with E-state index in [2.05, 4.69) is 14.8 Å². The number of halogens is 1. The summed E-state index contributed by atoms with van der Waals surface area (Å²) in [6.07, 6.45) is 2.53. The number of anilines is 1. The Morgan fingerprint density at radius 1 is 1.17 bits per heavy atom. The number of furan rings is 1. The average molecular weight is 400 g/mol. The van der Waals surface area contributed by atoms with Crippen LogP contribution in [0, 0.1) is 12.7 Å². The molecule has 3 saturated heterocycles. The van der Waals surface area contributed by atoms with Gasteiger partial charge in [-0.15, -0.1) is 0 Å². The smallest absolute Gasteiger partial charge is 0.410 e. The fourth-order valence-electron chi connectivity index (χ4n) is 4.85. The van der Waals surface area contributed by atoms with E-state index in [0.29, 0.717) is 6.54 Å². The molecule has 5 rings (SSSR count). The SMILES string of the molecule is Cc1ccc(CN2CCN3C(=O)OC4(CCN(c5ccc(F)cn5)CC4)C3C2)o1. The summed E-state index contributed by atoms with van der Waals surface area (Å²) < 4.78 is 24.9. The summed E-state index contributed by atoms with van der Waals surface area (Å²) in [4.78, 5) is 23.1. The molecule has 8 heteroatoms. The van der Waals surface area contributed by atoms with Gasteiger partial charge in [0.15, 0.2) is 0 Å². The lowest BCUT2D eigenvalue weighted by molar-refractivity contribution is -0.00720. The molecule has 29 heavy (non-hydrogen) atoms. The van der Waals surface area contributed by atoms with Crippen molar-refractivity contribution in [2.24, 2.45) is 0 Å². The molecule has 5 heterocycles. The van der Waals surface area contributed by atoms with Crippen molar-refractivity contribution < 1.29 is 18.3 Å². The molecule has 1 unspecified atom stereocenters. The number of piperazine rings is 1. The highest BCUT2D eigenvalue weighted by molar-refractivity contribution is 5.72. The molecule has 3 aliphatic heterocycles. The second-order valence-corrected chi connectivity index (χ2v) is 8.21. The molecular formula is C21H25FN4O3. The number of amides is 1. The van der Waals surface area contributed by atoms with Crippen molar-refractivity contribution >= 4 is 11.9 Å². The van der Waals surface area contributed by atoms with E-state index in [-0.39, 0.29) is 18.0 Å². The van der Waals surface area contributed by atoms with Gasteiger partial charge in [0, 0.05) is 45.6 Å². The maximum absolute atomic E-state index is 13.2. The maximum atomic E-state index is 13.2. The molecule has 0 aliphatic carbocycles. The third-order valence-corrected chi connectivity index (χ3v) is 6.42. The van der Waals surface area contributed by atoms with Crippen LogP contribution in [0.4, 0.5) is 15.0 Å². The monoisotopic (exact) mass is 400 g/mol. The Labute approximate surface area is 169 Å². The summed E-state index contributed by atoms with van der Waals surface area (Å²) in [5.74, 6) is 2.29. The van der Waals surface area contributed by atoms with Gasteiger partial charge in [0.25, 0.3) is 0 Å². The molecule has 0 bridgehead atoms. The number of pyridine rings is 1. The Morgan fingerprint density at radius 2 is 2.00 bits per heavy atom. The van der Waals surface area contributed by atoms with Crippen LogP contribution < -0.4 is 4.90 Å². The second kappa shape index (κ2) is 7.02. The number of hydrogen-bond acceptors (Lipinski definition) is 6. The van der Waals surface area contributed by atoms with E-state index in [1.807, 2.05) is 24.0 Å². The van der Waals surface area contributed by atoms with Crippen molar-refractivity contribution in [2.45, 2.75) is 38.0 Å². The topological polar surface area (TPSA) is 62.1 Å². The van der Waals surface area contributed by atoms with E-state index in [0.717, 1.165) is 62.9 Å². The standard InChI is InChI=1S/C21H25FN4O3/c1-15-2-4-17(28-15)13-24-10-11-26-18(14-24)21(29-20(26)27)6-8-25(9-7-21)19-5-3-16(22)12-23-19/h2-5,12,18H,6-11,13-14H2,1H3. The summed E-state index contributed by atoms with van der Waals surface area (Å²) in [6.45, 7) is 6.42. The lowest BCUT2D eigenvalue weighted by Crippen LogP contribution is -2.60. The zero-order valence-electron chi connectivity index (χ0n) is 16.5. The molecule has 0 radical (unpaired) electrons. The van der Waals surface area contributed by atoms with Gasteiger partial charge < -0.3 is 14.1 Å². The van der Waals surface area contributed by atoms with E-state index < -0.39 is 5.60 Å². The van der Waals surface area contributed by atoms with Crippen LogP contribution in [0.3, 0.4) is 0 Å². The summed E-state index contributed by atoms with van der Waals surface area (Å²) >= 11 is 0. The first-order valence-electron chi connectivity index (χ1n) is 10.2. The van der Waals surface area contributed by atoms with Gasteiger partial charge in [-0.1, -0.05) is 0 Å². The number of piperidine rings is 1. The van der Waals surface area contributed by atoms with E-state index in [4.69, 9.17) is 9.15 Å². The Kier molecular flexibility index (Phi) is 4.46. The number of carbonyl (C=O) groups is 1. The van der Waals surface area contributed by atoms with Crippen LogP contribution in [0.15, 0.2) is 34.9 Å². The van der Waals surface area contributed by atoms with Crippen LogP contribution >= 0.6 is 0 Å². The second-order valence-electron chi connectivity index (χ2n) is 8.21. The van der Waals surface area contributed by atoms with Crippen LogP contribution in [-0.4, -0.2) is 65.2 Å². The van der Waals surface area contributed by atoms with Crippen molar-refractivity contribution in [3.8, 4) is 0 Å². The minimum absolute atomic E-state index is 0.0446. The fraction of sp³-hybridized carbons (Fsp3) is 0.524. The van der Waals surface area contributed by atoms with Gasteiger partial charge in [0.2, 0.25) is 0 Å². The number of carbonyl (C=O) groups excluding carboxylic acids is 1. The Hall–Kier alpha value is -2.61. The molecular weight excluding hydrogens is 375 g/mol. The summed E-state index contributed by atoms with van der Waals surface area (Å²) in [7, 11) is 0. The summed E-state index contributed by atoms with van der Waals surface area (Å²) in [5.41, 5.74) is -0.467. The molecule has 154 valence electrons. The molecule has 0 aromatic carbocycles. The summed E-state index contributed by atoms with van der Waals surface area (Å²) in [6, 6.07) is 7.17. The molecule has 0 N–H and O–H groups in total. The van der Waals surface area contributed by atoms with Gasteiger partial charge in [-0.2, -0.15) is 0 Å². The van der Waals surface area contributed by atoms with Crippen LogP contribution in [0.2, 0.25) is 0 Å². The lowest BCUT2D eigenvalue weighted by Gasteiger charge is -2.45. The normalized spacial score (nSPS) is 24.1. The van der Waals surface area contributed by atoms with Crippen molar-refractivity contribution in [3.05, 3.63) is 47.8 Å². The number of hydrogen-bond donors (Lipinski definition) is 0. The van der Waals surface area contributed by atoms with E-state index >= 15 is 0 Å². The first kappa shape index (κ1) is 18.4. The molecule has 0 saturated carbocycles. The van der Waals surface area contributed by atoms with Crippen LogP contribution in [-0.2, 0) is 11.3 Å². The minimum atomic E-state index is -0.467. The third kappa shape index (κ3) is 3.35. The highest BCUT2D eigenvalue weighted by Gasteiger charge is 2.56. The number of nitrogens with zero attached hydrogens (tertiary/aromatic N) is 4. The van der Waals surface area contributed by atoms with Gasteiger partial charge in [-0.3, -0.25) is 9.80 Å². The molecule has 1 spiro atoms. The van der Waals surface area contributed by atoms with Gasteiger partial charge in [-0.05, 0) is 31.2 Å². The van der Waals surface area contributed by atoms with Gasteiger partial charge >= 0.3 is 6.09 Å². The van der Waals surface area contributed by atoms with E-state index in [1.54, 1.807) is 6.07 Å². The van der Waals surface area contributed by atoms with Crippen LogP contribution in [0.1, 0.15) is 24.4 Å². The zero-order valence-corrected chi connectivity index (χ0v) is 16.5. The van der Waals surface area contributed by atoms with E-state index in [9.17, 15) is 9.18 Å². The number of fused-ring (bicyclic) bond motifs is 2. The van der Waals surface area contributed by atoms with Crippen molar-refractivity contribution in [1.29, 1.82) is 0 Å². The minimum Gasteiger partial charge on any atom is -0.465 e. The highest BCUT2D eigenvalue weighted by Crippen LogP contribution is 2.41. The first-order chi connectivity index (χ1) is 14.0. The summed E-state index contributed by atoms with van der Waals surface area (Å²) in [5, 5.41) is 0. The molecule has 3 fully saturated rings. The molecule has 7 nitrogen and oxygen atoms in total. The van der Waals surface area contributed by atoms with Gasteiger partial charge in [0.1, 0.15) is 28.8 Å². The quantitative estimate of drug-likeness (QED) is 0.790. The lowest BCUT2D eigenvalue weighted by atomic mass is 9.83. The van der Waals surface area contributed by atoms with E-state index in [1.165, 1.54) is 12.3 Å². The van der Waals surface area contributed by atoms with Gasteiger partial charge in [0.05, 0.1) is 18.8 Å². The maximum Gasteiger partial charge on any atom is 0.410 e. The molecule has 1 amide bonds. The van der Waals surface area contributed by atoms with Crippen molar-refractivity contribution in [2.75, 3.05) is 37.6 Å². The fourth-order valence-corrected chi connectivity index (χ4v) is 4.85. The zero-order chi connectivity index (χ0) is 20.0. The number of rotatable bonds is 3. The molecule has 2 aromatic heterocycles. The average Bonchev–Trinajstić information content (AvgIpc) is 3.24. The van der Waals surface area contributed by atoms with Crippen LogP contribution in [0.25, 0.3) is 0 Å². The number of ether oxygens (including phenoxy) is 1. The molecule has 1 atom stereocenters. The Bertz CT molecular complexity index is 892. The first-order valence-corrected chi connectivity index (χ1v) is 10.2. The number of aryl methyl sites for hydroxylation is 1. The predicted molar refractivity (Wildman–Crippen MR) is 104 cm³/mol. The van der Waals surface area contributed by atoms with Gasteiger partial charge in [-0.25, -0.2) is 14.2 Å². The Balaban J connectivity index is 1.28. The van der Waals surface area contributed by atoms with Crippen molar-refractivity contribution in [1.82, 2.24) is 14.8 Å². The van der Waals surface area contributed by atoms with Crippen LogP contribution in [0.5, 0.6) is 0 Å². The largest absolute Gasteiger partial charge is 0.465 e. The third-order valence-electron chi connectivity index (χ3n) is 6.42. The Morgan fingerprint density at radius 3 is 2.69 bits per heavy atom. The highest BCUT2D eigenvalue weighted by atomic mass is 19.1. The molecule has 2 aromatic rings. The number of aromatic nitrogens is 1. The molecule has 3 aliphatic rings. The predicted octanol–water partition coefficient (Wildman–Crippen LogP) is 2.80.